The molecular weight excluding hydrogens is 166 g/mol. The number of anilines is 1. The van der Waals surface area contributed by atoms with Crippen LogP contribution in [-0.4, -0.2) is 19.5 Å². The molecule has 0 aliphatic carbocycles. The van der Waals surface area contributed by atoms with E-state index in [1.165, 1.54) is 12.3 Å². The van der Waals surface area contributed by atoms with Gasteiger partial charge in [0.1, 0.15) is 13.5 Å². The second-order valence-corrected chi connectivity index (χ2v) is 2.29. The van der Waals surface area contributed by atoms with Crippen molar-refractivity contribution in [2.24, 2.45) is 0 Å². The number of imidazole rings is 1. The van der Waals surface area contributed by atoms with E-state index >= 15 is 0 Å². The van der Waals surface area contributed by atoms with E-state index in [4.69, 9.17) is 12.6 Å². The summed E-state index contributed by atoms with van der Waals surface area (Å²) < 4.78 is 37.9. The first kappa shape index (κ1) is 3.87. The molecule has 0 atom stereocenters. The summed E-state index contributed by atoms with van der Waals surface area (Å²) in [5.41, 5.74) is 5.01. The van der Waals surface area contributed by atoms with E-state index in [-0.39, 0.29) is 11.8 Å². The summed E-state index contributed by atoms with van der Waals surface area (Å²) in [4.78, 5) is 11.2. The largest absolute Gasteiger partial charge is 0.384 e. The van der Waals surface area contributed by atoms with Gasteiger partial charge in [-0.25, -0.2) is 9.97 Å². The van der Waals surface area contributed by atoms with E-state index in [1.807, 2.05) is 0 Å². The highest BCUT2D eigenvalue weighted by atomic mass is 15.2. The Morgan fingerprint density at radius 3 is 3.23 bits per heavy atom. The smallest absolute Gasteiger partial charge is 0.236 e. The van der Waals surface area contributed by atoms with Crippen LogP contribution in [0.3, 0.4) is 0 Å². The van der Waals surface area contributed by atoms with Crippen LogP contribution in [0.4, 0.5) is 5.82 Å². The third-order valence-electron chi connectivity index (χ3n) is 1.34. The fourth-order valence-corrected chi connectivity index (χ4v) is 0.820. The second-order valence-electron chi connectivity index (χ2n) is 2.29. The lowest BCUT2D eigenvalue weighted by molar-refractivity contribution is 0.929. The van der Waals surface area contributed by atoms with Crippen LogP contribution in [0.15, 0.2) is 24.7 Å². The Balaban J connectivity index is 2.63. The van der Waals surface area contributed by atoms with Crippen LogP contribution in [0.25, 0.3) is 5.95 Å². The Morgan fingerprint density at radius 2 is 2.54 bits per heavy atom. The van der Waals surface area contributed by atoms with Gasteiger partial charge in [0.25, 0.3) is 0 Å². The van der Waals surface area contributed by atoms with Gasteiger partial charge in [-0.2, -0.15) is 4.98 Å². The Hall–Kier alpha value is -1.91. The van der Waals surface area contributed by atoms with Crippen molar-refractivity contribution in [2.75, 3.05) is 5.73 Å². The molecule has 13 heavy (non-hydrogen) atoms. The molecule has 66 valence electrons. The van der Waals surface area contributed by atoms with E-state index in [0.717, 1.165) is 4.57 Å². The second kappa shape index (κ2) is 2.85. The molecule has 0 aliphatic rings. The van der Waals surface area contributed by atoms with Gasteiger partial charge in [-0.1, -0.05) is 0 Å². The SMILES string of the molecule is [2H]c1nc(C([2H])([2H])[2H])c([2H])n1-c1nccc(N)n1. The number of aryl methyl sites for hydroxylation is 1. The molecule has 0 bridgehead atoms. The maximum atomic E-state index is 7.73. The molecule has 2 N–H and O–H groups in total. The first-order chi connectivity index (χ1) is 8.30. The van der Waals surface area contributed by atoms with Gasteiger partial charge in [0, 0.05) is 16.5 Å². The number of nitrogen functional groups attached to an aromatic ring is 1. The van der Waals surface area contributed by atoms with Gasteiger partial charge in [0.05, 0.1) is 7.06 Å². The molecule has 0 fully saturated rings. The van der Waals surface area contributed by atoms with Gasteiger partial charge in [-0.15, -0.1) is 0 Å². The van der Waals surface area contributed by atoms with Gasteiger partial charge in [0.2, 0.25) is 5.95 Å². The summed E-state index contributed by atoms with van der Waals surface area (Å²) in [5, 5.41) is 0. The van der Waals surface area contributed by atoms with Gasteiger partial charge >= 0.3 is 0 Å². The fourth-order valence-electron chi connectivity index (χ4n) is 0.820. The highest BCUT2D eigenvalue weighted by Crippen LogP contribution is 2.03. The summed E-state index contributed by atoms with van der Waals surface area (Å²) in [6, 6.07) is 1.44. The molecule has 0 saturated heterocycles. The Kier molecular flexibility index (Phi) is 0.849. The highest BCUT2D eigenvalue weighted by Gasteiger charge is 1.99. The number of nitrogens with two attached hydrogens (primary N) is 1. The Bertz CT molecular complexity index is 590. The number of nitrogens with zero attached hydrogens (tertiary/aromatic N) is 4. The first-order valence-corrected chi connectivity index (χ1v) is 3.46. The monoisotopic (exact) mass is 180 g/mol. The zero-order valence-electron chi connectivity index (χ0n) is 11.5. The lowest BCUT2D eigenvalue weighted by Crippen LogP contribution is -2.00. The predicted octanol–water partition coefficient (Wildman–Crippen LogP) is 0.553. The minimum atomic E-state index is -2.56. The highest BCUT2D eigenvalue weighted by molar-refractivity contribution is 5.29. The van der Waals surface area contributed by atoms with Crippen molar-refractivity contribution >= 4 is 5.82 Å². The number of aromatic nitrogens is 4. The third kappa shape index (κ3) is 1.48. The van der Waals surface area contributed by atoms with Crippen molar-refractivity contribution in [3.8, 4) is 5.95 Å². The van der Waals surface area contributed by atoms with Crippen LogP contribution in [0.2, 0.25) is 0 Å². The molecule has 0 aromatic carbocycles. The molecule has 5 nitrogen and oxygen atoms in total. The zero-order valence-corrected chi connectivity index (χ0v) is 6.52. The van der Waals surface area contributed by atoms with Gasteiger partial charge in [0.15, 0.2) is 0 Å². The molecule has 2 aromatic rings. The Labute approximate surface area is 82.3 Å². The molecule has 2 aromatic heterocycles. The van der Waals surface area contributed by atoms with Gasteiger partial charge in [-0.3, -0.25) is 4.57 Å². The molecule has 0 radical (unpaired) electrons. The standard InChI is InChI=1S/C8H9N5/c1-6-4-13(5-11-6)8-10-3-2-7(9)12-8/h2-5H,1H3,(H2,9,10,12)/i1D3,4D,5D. The summed E-state index contributed by atoms with van der Waals surface area (Å²) in [7, 11) is 0. The summed E-state index contributed by atoms with van der Waals surface area (Å²) >= 11 is 0. The van der Waals surface area contributed by atoms with E-state index < -0.39 is 25.0 Å². The number of hydrogen-bond acceptors (Lipinski definition) is 4. The molecule has 0 amide bonds. The van der Waals surface area contributed by atoms with E-state index in [2.05, 4.69) is 15.0 Å². The fraction of sp³-hybridized carbons (Fsp3) is 0.125. The molecule has 2 heterocycles. The van der Waals surface area contributed by atoms with Crippen molar-refractivity contribution in [3.05, 3.63) is 30.4 Å². The van der Waals surface area contributed by atoms with Crippen molar-refractivity contribution in [1.29, 1.82) is 0 Å². The summed E-state index contributed by atoms with van der Waals surface area (Å²) in [5.74, 6) is 0.107. The molecule has 0 unspecified atom stereocenters. The third-order valence-corrected chi connectivity index (χ3v) is 1.34. The van der Waals surface area contributed by atoms with Crippen LogP contribution in [0.1, 0.15) is 12.5 Å². The van der Waals surface area contributed by atoms with E-state index in [1.54, 1.807) is 0 Å². The van der Waals surface area contributed by atoms with Crippen LogP contribution in [0, 0.1) is 6.85 Å². The van der Waals surface area contributed by atoms with Crippen molar-refractivity contribution in [2.45, 2.75) is 6.85 Å². The zero-order chi connectivity index (χ0) is 13.5. The maximum Gasteiger partial charge on any atom is 0.236 e. The molecule has 5 heteroatoms. The summed E-state index contributed by atoms with van der Waals surface area (Å²) in [6.45, 7) is -2.56. The van der Waals surface area contributed by atoms with Gasteiger partial charge < -0.3 is 5.73 Å². The molecule has 0 saturated carbocycles. The van der Waals surface area contributed by atoms with Crippen LogP contribution in [0.5, 0.6) is 0 Å². The first-order valence-electron chi connectivity index (χ1n) is 5.96. The van der Waals surface area contributed by atoms with Crippen LogP contribution >= 0.6 is 0 Å². The normalized spacial score (nSPS) is 16.8. The summed E-state index contributed by atoms with van der Waals surface area (Å²) in [6.07, 6.45) is 0.494. The Morgan fingerprint density at radius 1 is 1.62 bits per heavy atom. The average Bonchev–Trinajstić information content (AvgIpc) is 2.54. The number of rotatable bonds is 1. The minimum Gasteiger partial charge on any atom is -0.384 e. The topological polar surface area (TPSA) is 69.6 Å². The quantitative estimate of drug-likeness (QED) is 0.695. The van der Waals surface area contributed by atoms with Crippen molar-refractivity contribution in [1.82, 2.24) is 19.5 Å². The van der Waals surface area contributed by atoms with Crippen molar-refractivity contribution in [3.63, 3.8) is 0 Å². The van der Waals surface area contributed by atoms with E-state index in [0.29, 0.717) is 0 Å². The van der Waals surface area contributed by atoms with Crippen molar-refractivity contribution < 1.29 is 6.85 Å². The lowest BCUT2D eigenvalue weighted by atomic mass is 10.5. The minimum absolute atomic E-state index is 0.0481. The van der Waals surface area contributed by atoms with Crippen LogP contribution in [-0.2, 0) is 0 Å². The molecule has 2 rings (SSSR count). The maximum absolute atomic E-state index is 7.73. The molecule has 0 aliphatic heterocycles. The van der Waals surface area contributed by atoms with Gasteiger partial charge in [-0.05, 0) is 12.9 Å². The molecular formula is C8H9N5. The van der Waals surface area contributed by atoms with Crippen LogP contribution < -0.4 is 5.73 Å². The lowest BCUT2D eigenvalue weighted by Gasteiger charge is -1.98. The predicted molar refractivity (Wildman–Crippen MR) is 48.3 cm³/mol. The number of hydrogen-bond donors (Lipinski definition) is 1. The average molecular weight is 180 g/mol. The van der Waals surface area contributed by atoms with E-state index in [9.17, 15) is 0 Å². The molecule has 0 spiro atoms.